The first-order chi connectivity index (χ1) is 15.6. The lowest BCUT2D eigenvalue weighted by molar-refractivity contribution is 0.0526. The lowest BCUT2D eigenvalue weighted by Crippen LogP contribution is -2.29. The minimum atomic E-state index is -0.564. The molecule has 0 spiro atoms. The predicted octanol–water partition coefficient (Wildman–Crippen LogP) is 4.74. The van der Waals surface area contributed by atoms with E-state index in [1.54, 1.807) is 60.4 Å². The third kappa shape index (κ3) is 3.17. The van der Waals surface area contributed by atoms with Gasteiger partial charge in [-0.2, -0.15) is 5.10 Å². The molecule has 1 aliphatic rings. The molecule has 0 saturated heterocycles. The Morgan fingerprint density at radius 1 is 1.16 bits per heavy atom. The van der Waals surface area contributed by atoms with Crippen LogP contribution in [0.3, 0.4) is 0 Å². The van der Waals surface area contributed by atoms with E-state index < -0.39 is 12.0 Å². The summed E-state index contributed by atoms with van der Waals surface area (Å²) in [5, 5.41) is 7.15. The number of furan rings is 1. The molecule has 0 saturated carbocycles. The summed E-state index contributed by atoms with van der Waals surface area (Å²) in [4.78, 5) is 27.0. The molecule has 1 aliphatic heterocycles. The third-order valence-corrected chi connectivity index (χ3v) is 5.37. The van der Waals surface area contributed by atoms with Gasteiger partial charge in [0.15, 0.2) is 11.5 Å². The molecule has 4 aromatic rings. The molecule has 2 aromatic heterocycles. The number of benzene rings is 2. The highest BCUT2D eigenvalue weighted by Gasteiger charge is 2.43. The summed E-state index contributed by atoms with van der Waals surface area (Å²) in [5.41, 5.74) is 3.16. The number of aromatic nitrogens is 2. The quantitative estimate of drug-likeness (QED) is 0.461. The van der Waals surface area contributed by atoms with E-state index in [9.17, 15) is 14.0 Å². The minimum absolute atomic E-state index is 0.264. The van der Waals surface area contributed by atoms with Crippen LogP contribution in [0.25, 0.3) is 11.5 Å². The molecule has 160 valence electrons. The molecule has 32 heavy (non-hydrogen) atoms. The van der Waals surface area contributed by atoms with Crippen LogP contribution in [0.2, 0.25) is 0 Å². The molecule has 7 nitrogen and oxygen atoms in total. The standard InChI is InChI=1S/C24H18FN3O4/c1-2-31-24(30)15-7-11-17(12-8-15)28-22(14-5-9-16(25)10-6-14)19-20(18-4-3-13-32-18)26-27-21(19)23(28)29/h3-13,22H,2H2,1H3,(H,26,27)/t22-/m0/s1. The Morgan fingerprint density at radius 3 is 2.56 bits per heavy atom. The number of hydrogen-bond donors (Lipinski definition) is 1. The van der Waals surface area contributed by atoms with E-state index in [-0.39, 0.29) is 24.0 Å². The van der Waals surface area contributed by atoms with Crippen molar-refractivity contribution in [2.24, 2.45) is 0 Å². The van der Waals surface area contributed by atoms with Crippen LogP contribution >= 0.6 is 0 Å². The van der Waals surface area contributed by atoms with Crippen LogP contribution in [0.4, 0.5) is 10.1 Å². The second-order valence-electron chi connectivity index (χ2n) is 7.23. The smallest absolute Gasteiger partial charge is 0.338 e. The second kappa shape index (κ2) is 7.81. The van der Waals surface area contributed by atoms with Crippen molar-refractivity contribution in [3.05, 3.63) is 95.1 Å². The number of fused-ring (bicyclic) bond motifs is 1. The first-order valence-corrected chi connectivity index (χ1v) is 10.1. The summed E-state index contributed by atoms with van der Waals surface area (Å²) in [6, 6.07) is 15.5. The fourth-order valence-corrected chi connectivity index (χ4v) is 3.95. The minimum Gasteiger partial charge on any atom is -0.463 e. The Balaban J connectivity index is 1.62. The lowest BCUT2D eigenvalue weighted by atomic mass is 9.97. The molecule has 0 aliphatic carbocycles. The van der Waals surface area contributed by atoms with Gasteiger partial charge in [0.2, 0.25) is 0 Å². The van der Waals surface area contributed by atoms with Gasteiger partial charge in [-0.1, -0.05) is 12.1 Å². The van der Waals surface area contributed by atoms with E-state index in [4.69, 9.17) is 9.15 Å². The SMILES string of the molecule is CCOC(=O)c1ccc(N2C(=O)c3n[nH]c(-c4ccco4)c3[C@@H]2c2ccc(F)cc2)cc1. The van der Waals surface area contributed by atoms with Crippen LogP contribution in [-0.4, -0.2) is 28.7 Å². The van der Waals surface area contributed by atoms with Crippen molar-refractivity contribution >= 4 is 17.6 Å². The normalized spacial score (nSPS) is 15.1. The van der Waals surface area contributed by atoms with E-state index in [0.29, 0.717) is 33.8 Å². The summed E-state index contributed by atoms with van der Waals surface area (Å²) in [5.74, 6) is -0.581. The predicted molar refractivity (Wildman–Crippen MR) is 114 cm³/mol. The molecule has 8 heteroatoms. The highest BCUT2D eigenvalue weighted by molar-refractivity contribution is 6.11. The van der Waals surface area contributed by atoms with Crippen LogP contribution < -0.4 is 4.90 Å². The molecule has 5 rings (SSSR count). The Bertz CT molecular complexity index is 1280. The number of nitrogens with one attached hydrogen (secondary N) is 1. The molecule has 3 heterocycles. The number of H-pyrrole nitrogens is 1. The van der Waals surface area contributed by atoms with Gasteiger partial charge in [0.05, 0.1) is 24.5 Å². The van der Waals surface area contributed by atoms with Crippen molar-refractivity contribution in [1.29, 1.82) is 0 Å². The fourth-order valence-electron chi connectivity index (χ4n) is 3.95. The van der Waals surface area contributed by atoms with Crippen molar-refractivity contribution in [3.63, 3.8) is 0 Å². The molecular formula is C24H18FN3O4. The van der Waals surface area contributed by atoms with Gasteiger partial charge in [-0.25, -0.2) is 9.18 Å². The molecule has 1 N–H and O–H groups in total. The molecule has 1 amide bonds. The molecule has 0 radical (unpaired) electrons. The number of ether oxygens (including phenoxy) is 1. The number of carbonyl (C=O) groups is 2. The summed E-state index contributed by atoms with van der Waals surface area (Å²) in [6.45, 7) is 2.01. The Labute approximate surface area is 182 Å². The first-order valence-electron chi connectivity index (χ1n) is 10.1. The number of halogens is 1. The largest absolute Gasteiger partial charge is 0.463 e. The zero-order valence-corrected chi connectivity index (χ0v) is 17.0. The van der Waals surface area contributed by atoms with Gasteiger partial charge in [0.25, 0.3) is 5.91 Å². The average Bonchev–Trinajstić information content (AvgIpc) is 3.53. The van der Waals surface area contributed by atoms with Crippen molar-refractivity contribution < 1.29 is 23.1 Å². The van der Waals surface area contributed by atoms with Crippen molar-refractivity contribution in [3.8, 4) is 11.5 Å². The summed E-state index contributed by atoms with van der Waals surface area (Å²) < 4.78 is 24.2. The highest BCUT2D eigenvalue weighted by atomic mass is 19.1. The second-order valence-corrected chi connectivity index (χ2v) is 7.23. The topological polar surface area (TPSA) is 88.4 Å². The van der Waals surface area contributed by atoms with Crippen molar-refractivity contribution in [2.75, 3.05) is 11.5 Å². The summed E-state index contributed by atoms with van der Waals surface area (Å²) in [7, 11) is 0. The molecular weight excluding hydrogens is 413 g/mol. The van der Waals surface area contributed by atoms with E-state index in [0.717, 1.165) is 0 Å². The van der Waals surface area contributed by atoms with Gasteiger partial charge in [-0.05, 0) is 61.0 Å². The van der Waals surface area contributed by atoms with Gasteiger partial charge in [-0.15, -0.1) is 0 Å². The van der Waals surface area contributed by atoms with Crippen LogP contribution in [0.1, 0.15) is 44.9 Å². The number of carbonyl (C=O) groups excluding carboxylic acids is 2. The van der Waals surface area contributed by atoms with E-state index in [2.05, 4.69) is 10.2 Å². The van der Waals surface area contributed by atoms with Gasteiger partial charge in [0, 0.05) is 11.3 Å². The van der Waals surface area contributed by atoms with Gasteiger partial charge >= 0.3 is 5.97 Å². The Kier molecular flexibility index (Phi) is 4.82. The maximum Gasteiger partial charge on any atom is 0.338 e. The number of rotatable bonds is 5. The zero-order chi connectivity index (χ0) is 22.2. The number of nitrogens with zero attached hydrogens (tertiary/aromatic N) is 2. The highest BCUT2D eigenvalue weighted by Crippen LogP contribution is 2.45. The van der Waals surface area contributed by atoms with Crippen molar-refractivity contribution in [1.82, 2.24) is 10.2 Å². The average molecular weight is 431 g/mol. The monoisotopic (exact) mass is 431 g/mol. The molecule has 0 unspecified atom stereocenters. The zero-order valence-electron chi connectivity index (χ0n) is 17.0. The summed E-state index contributed by atoms with van der Waals surface area (Å²) in [6.07, 6.45) is 1.54. The maximum atomic E-state index is 13.6. The van der Waals surface area contributed by atoms with Crippen molar-refractivity contribution in [2.45, 2.75) is 13.0 Å². The third-order valence-electron chi connectivity index (χ3n) is 5.37. The summed E-state index contributed by atoms with van der Waals surface area (Å²) >= 11 is 0. The lowest BCUT2D eigenvalue weighted by Gasteiger charge is -2.26. The van der Waals surface area contributed by atoms with E-state index in [1.165, 1.54) is 18.4 Å². The Hall–Kier alpha value is -4.20. The van der Waals surface area contributed by atoms with Crippen LogP contribution in [0.15, 0.2) is 71.3 Å². The Morgan fingerprint density at radius 2 is 1.91 bits per heavy atom. The molecule has 0 fully saturated rings. The molecule has 2 aromatic carbocycles. The van der Waals surface area contributed by atoms with Crippen LogP contribution in [-0.2, 0) is 4.74 Å². The van der Waals surface area contributed by atoms with Gasteiger partial charge in [0.1, 0.15) is 11.5 Å². The number of anilines is 1. The number of amides is 1. The first kappa shape index (κ1) is 19.7. The van der Waals surface area contributed by atoms with E-state index in [1.807, 2.05) is 0 Å². The van der Waals surface area contributed by atoms with Gasteiger partial charge < -0.3 is 9.15 Å². The molecule has 0 bridgehead atoms. The number of aromatic amines is 1. The fraction of sp³-hybridized carbons (Fsp3) is 0.125. The number of hydrogen-bond acceptors (Lipinski definition) is 5. The van der Waals surface area contributed by atoms with E-state index >= 15 is 0 Å². The van der Waals surface area contributed by atoms with Crippen LogP contribution in [0, 0.1) is 5.82 Å². The maximum absolute atomic E-state index is 13.6. The van der Waals surface area contributed by atoms with Crippen LogP contribution in [0.5, 0.6) is 0 Å². The number of esters is 1. The molecule has 1 atom stereocenters. The van der Waals surface area contributed by atoms with Gasteiger partial charge in [-0.3, -0.25) is 14.8 Å².